The topological polar surface area (TPSA) is 66.7 Å². The Morgan fingerprint density at radius 1 is 1.00 bits per heavy atom. The molecule has 1 aromatic heterocycles. The molecule has 7 heteroatoms. The lowest BCUT2D eigenvalue weighted by atomic mass is 10.1. The molecule has 1 saturated heterocycles. The van der Waals surface area contributed by atoms with Gasteiger partial charge in [0.15, 0.2) is 0 Å². The van der Waals surface area contributed by atoms with E-state index in [0.717, 1.165) is 24.2 Å². The van der Waals surface area contributed by atoms with Gasteiger partial charge in [0.25, 0.3) is 0 Å². The van der Waals surface area contributed by atoms with Gasteiger partial charge in [-0.15, -0.1) is 0 Å². The summed E-state index contributed by atoms with van der Waals surface area (Å²) in [5.74, 6) is 1.35. The number of carbonyl (C=O) groups excluding carboxylic acids is 1. The van der Waals surface area contributed by atoms with Crippen LogP contribution in [0.1, 0.15) is 17.0 Å². The van der Waals surface area contributed by atoms with Gasteiger partial charge in [0.2, 0.25) is 11.8 Å². The summed E-state index contributed by atoms with van der Waals surface area (Å²) >= 11 is 0. The lowest BCUT2D eigenvalue weighted by molar-refractivity contribution is -0.128. The molecule has 2 aromatic carbocycles. The summed E-state index contributed by atoms with van der Waals surface area (Å²) in [6.45, 7) is 6.68. The molecule has 2 heterocycles. The highest BCUT2D eigenvalue weighted by atomic mass is 32.2. The van der Waals surface area contributed by atoms with Crippen molar-refractivity contribution in [1.29, 1.82) is 0 Å². The minimum absolute atomic E-state index is 0.0112. The van der Waals surface area contributed by atoms with Gasteiger partial charge in [-0.3, -0.25) is 9.00 Å². The van der Waals surface area contributed by atoms with Crippen LogP contribution in [0.3, 0.4) is 0 Å². The third-order valence-electron chi connectivity index (χ3n) is 5.60. The molecule has 31 heavy (non-hydrogen) atoms. The molecule has 1 aliphatic heterocycles. The second-order valence-electron chi connectivity index (χ2n) is 7.77. The molecule has 0 radical (unpaired) electrons. The van der Waals surface area contributed by atoms with E-state index < -0.39 is 10.8 Å². The molecule has 1 amide bonds. The van der Waals surface area contributed by atoms with Crippen LogP contribution in [-0.4, -0.2) is 51.9 Å². The van der Waals surface area contributed by atoms with Crippen LogP contribution in [0.4, 0.5) is 5.69 Å². The molecule has 1 atom stereocenters. The predicted octanol–water partition coefficient (Wildman–Crippen LogP) is 3.56. The highest BCUT2D eigenvalue weighted by Gasteiger charge is 2.23. The maximum absolute atomic E-state index is 12.7. The van der Waals surface area contributed by atoms with Crippen molar-refractivity contribution < 1.29 is 13.4 Å². The maximum Gasteiger partial charge on any atom is 0.235 e. The van der Waals surface area contributed by atoms with E-state index in [-0.39, 0.29) is 17.4 Å². The Hall–Kier alpha value is -2.93. The third-order valence-corrected chi connectivity index (χ3v) is 6.77. The van der Waals surface area contributed by atoms with E-state index in [1.807, 2.05) is 61.2 Å². The third kappa shape index (κ3) is 5.05. The lowest BCUT2D eigenvalue weighted by Crippen LogP contribution is -2.50. The van der Waals surface area contributed by atoms with Gasteiger partial charge in [-0.25, -0.2) is 4.98 Å². The highest BCUT2D eigenvalue weighted by molar-refractivity contribution is 7.84. The second-order valence-corrected chi connectivity index (χ2v) is 9.23. The van der Waals surface area contributed by atoms with Crippen LogP contribution >= 0.6 is 0 Å². The predicted molar refractivity (Wildman–Crippen MR) is 123 cm³/mol. The van der Waals surface area contributed by atoms with Gasteiger partial charge in [0, 0.05) is 48.2 Å². The normalized spacial score (nSPS) is 15.2. The zero-order valence-electron chi connectivity index (χ0n) is 17.9. The van der Waals surface area contributed by atoms with Crippen LogP contribution in [0.5, 0.6) is 0 Å². The Bertz CT molecular complexity index is 1070. The van der Waals surface area contributed by atoms with Crippen molar-refractivity contribution in [2.75, 3.05) is 36.8 Å². The SMILES string of the molecule is Cc1ccccc1-c1nc(CS(=O)CC(=O)N2CCN(c3ccccc3)CC2)c(C)o1. The van der Waals surface area contributed by atoms with E-state index in [4.69, 9.17) is 4.42 Å². The first-order valence-corrected chi connectivity index (χ1v) is 11.9. The van der Waals surface area contributed by atoms with Crippen molar-refractivity contribution in [3.63, 3.8) is 0 Å². The number of nitrogens with zero attached hydrogens (tertiary/aromatic N) is 3. The lowest BCUT2D eigenvalue weighted by Gasteiger charge is -2.36. The van der Waals surface area contributed by atoms with Gasteiger partial charge in [0.05, 0.1) is 11.4 Å². The molecule has 0 saturated carbocycles. The van der Waals surface area contributed by atoms with Crippen molar-refractivity contribution in [1.82, 2.24) is 9.88 Å². The number of benzene rings is 2. The van der Waals surface area contributed by atoms with Crippen LogP contribution in [0.25, 0.3) is 11.5 Å². The molecule has 1 unspecified atom stereocenters. The van der Waals surface area contributed by atoms with Crippen LogP contribution in [0.2, 0.25) is 0 Å². The smallest absolute Gasteiger partial charge is 0.235 e. The van der Waals surface area contributed by atoms with Gasteiger partial charge in [-0.05, 0) is 37.6 Å². The fourth-order valence-corrected chi connectivity index (χ4v) is 4.91. The van der Waals surface area contributed by atoms with Gasteiger partial charge >= 0.3 is 0 Å². The number of carbonyl (C=O) groups is 1. The number of aromatic nitrogens is 1. The number of piperazine rings is 1. The first-order chi connectivity index (χ1) is 15.0. The van der Waals surface area contributed by atoms with E-state index in [0.29, 0.717) is 30.4 Å². The van der Waals surface area contributed by atoms with E-state index in [1.165, 1.54) is 5.69 Å². The molecule has 4 rings (SSSR count). The quantitative estimate of drug-likeness (QED) is 0.590. The second kappa shape index (κ2) is 9.47. The Morgan fingerprint density at radius 3 is 2.39 bits per heavy atom. The maximum atomic E-state index is 12.7. The van der Waals surface area contributed by atoms with E-state index in [9.17, 15) is 9.00 Å². The number of para-hydroxylation sites is 1. The number of hydrogen-bond acceptors (Lipinski definition) is 5. The number of anilines is 1. The first kappa shape index (κ1) is 21.3. The fourth-order valence-electron chi connectivity index (χ4n) is 3.78. The molecule has 1 fully saturated rings. The van der Waals surface area contributed by atoms with Gasteiger partial charge in [-0.2, -0.15) is 0 Å². The van der Waals surface area contributed by atoms with E-state index in [2.05, 4.69) is 22.0 Å². The molecule has 0 bridgehead atoms. The molecule has 0 spiro atoms. The number of oxazole rings is 1. The summed E-state index contributed by atoms with van der Waals surface area (Å²) < 4.78 is 18.5. The zero-order chi connectivity index (χ0) is 21.8. The standard InChI is InChI=1S/C24H27N3O3S/c1-18-8-6-7-11-21(18)24-25-22(19(2)30-24)16-31(29)17-23(28)27-14-12-26(13-15-27)20-9-4-3-5-10-20/h3-11H,12-17H2,1-2H3. The molecule has 3 aromatic rings. The fraction of sp³-hybridized carbons (Fsp3) is 0.333. The molecule has 6 nitrogen and oxygen atoms in total. The largest absolute Gasteiger partial charge is 0.441 e. The summed E-state index contributed by atoms with van der Waals surface area (Å²) in [4.78, 5) is 21.3. The Labute approximate surface area is 185 Å². The van der Waals surface area contributed by atoms with Crippen molar-refractivity contribution in [2.45, 2.75) is 19.6 Å². The molecular formula is C24H27N3O3S. The Morgan fingerprint density at radius 2 is 1.68 bits per heavy atom. The minimum atomic E-state index is -1.33. The summed E-state index contributed by atoms with van der Waals surface area (Å²) in [6.07, 6.45) is 0. The monoisotopic (exact) mass is 437 g/mol. The highest BCUT2D eigenvalue weighted by Crippen LogP contribution is 2.25. The summed E-state index contributed by atoms with van der Waals surface area (Å²) in [5.41, 5.74) is 3.82. The number of hydrogen-bond donors (Lipinski definition) is 0. The van der Waals surface area contributed by atoms with Crippen molar-refractivity contribution in [3.8, 4) is 11.5 Å². The Balaban J connectivity index is 1.32. The van der Waals surface area contributed by atoms with Gasteiger partial charge < -0.3 is 14.2 Å². The number of rotatable bonds is 6. The van der Waals surface area contributed by atoms with Crippen molar-refractivity contribution >= 4 is 22.4 Å². The van der Waals surface area contributed by atoms with Crippen molar-refractivity contribution in [3.05, 3.63) is 71.6 Å². The van der Waals surface area contributed by atoms with Crippen LogP contribution in [0, 0.1) is 13.8 Å². The van der Waals surface area contributed by atoms with Crippen LogP contribution < -0.4 is 4.90 Å². The molecule has 162 valence electrons. The molecular weight excluding hydrogens is 410 g/mol. The summed E-state index contributed by atoms with van der Waals surface area (Å²) in [6, 6.07) is 18.1. The van der Waals surface area contributed by atoms with Crippen LogP contribution in [-0.2, 0) is 21.3 Å². The van der Waals surface area contributed by atoms with Crippen molar-refractivity contribution in [2.24, 2.45) is 0 Å². The van der Waals surface area contributed by atoms with E-state index in [1.54, 1.807) is 0 Å². The summed E-state index contributed by atoms with van der Waals surface area (Å²) in [5, 5.41) is 0. The first-order valence-electron chi connectivity index (χ1n) is 10.5. The molecule has 1 aliphatic rings. The number of aryl methyl sites for hydroxylation is 2. The number of amides is 1. The molecule has 0 aliphatic carbocycles. The molecule has 0 N–H and O–H groups in total. The van der Waals surface area contributed by atoms with Gasteiger partial charge in [0.1, 0.15) is 11.5 Å². The average Bonchev–Trinajstić information content (AvgIpc) is 3.14. The van der Waals surface area contributed by atoms with Gasteiger partial charge in [-0.1, -0.05) is 36.4 Å². The average molecular weight is 438 g/mol. The van der Waals surface area contributed by atoms with E-state index >= 15 is 0 Å². The Kier molecular flexibility index (Phi) is 6.51. The van der Waals surface area contributed by atoms with Crippen LogP contribution in [0.15, 0.2) is 59.0 Å². The minimum Gasteiger partial charge on any atom is -0.441 e. The zero-order valence-corrected chi connectivity index (χ0v) is 18.7. The summed E-state index contributed by atoms with van der Waals surface area (Å²) in [7, 11) is -1.33.